The molecule has 0 fully saturated rings. The van der Waals surface area contributed by atoms with Gasteiger partial charge >= 0.3 is 0 Å². The maximum absolute atomic E-state index is 13.3. The maximum Gasteiger partial charge on any atom is 0.290 e. The van der Waals surface area contributed by atoms with E-state index in [1.165, 1.54) is 17.0 Å². The highest BCUT2D eigenvalue weighted by Crippen LogP contribution is 2.41. The van der Waals surface area contributed by atoms with Gasteiger partial charge in [0, 0.05) is 25.5 Å². The standard InChI is InChI=1S/C27H27N3O5/c1-2-35-23-17-20(10-12-21(23)31)25-24(22(32)11-9-19-7-4-3-5-8-19)26(33)27(34)30(25)15-6-14-29-16-13-28-18-29/h3-5,7-13,16-18,25,31,33H,2,6,14-15H2,1H3. The molecule has 1 aliphatic heterocycles. The molecule has 0 saturated carbocycles. The summed E-state index contributed by atoms with van der Waals surface area (Å²) in [6.45, 7) is 3.05. The number of aliphatic hydroxyl groups is 1. The average Bonchev–Trinajstić information content (AvgIpc) is 3.47. The molecule has 2 heterocycles. The molecule has 35 heavy (non-hydrogen) atoms. The normalized spacial score (nSPS) is 15.9. The van der Waals surface area contributed by atoms with E-state index >= 15 is 0 Å². The number of aliphatic hydroxyl groups excluding tert-OH is 1. The van der Waals surface area contributed by atoms with Crippen LogP contribution in [0.15, 0.2) is 84.7 Å². The van der Waals surface area contributed by atoms with E-state index in [1.807, 2.05) is 41.1 Å². The third-order valence-electron chi connectivity index (χ3n) is 5.77. The number of imidazole rings is 1. The zero-order chi connectivity index (χ0) is 24.8. The van der Waals surface area contributed by atoms with Crippen molar-refractivity contribution in [2.75, 3.05) is 13.2 Å². The van der Waals surface area contributed by atoms with Crippen molar-refractivity contribution in [3.63, 3.8) is 0 Å². The minimum Gasteiger partial charge on any atom is -0.504 e. The molecule has 2 aromatic carbocycles. The molecule has 8 heteroatoms. The average molecular weight is 474 g/mol. The van der Waals surface area contributed by atoms with Gasteiger partial charge in [-0.1, -0.05) is 42.5 Å². The molecule has 0 spiro atoms. The Morgan fingerprint density at radius 3 is 2.66 bits per heavy atom. The summed E-state index contributed by atoms with van der Waals surface area (Å²) in [6, 6.07) is 13.2. The second kappa shape index (κ2) is 10.7. The van der Waals surface area contributed by atoms with Crippen molar-refractivity contribution in [1.82, 2.24) is 14.5 Å². The van der Waals surface area contributed by atoms with Gasteiger partial charge in [0.15, 0.2) is 23.0 Å². The number of carbonyl (C=O) groups is 2. The Kier molecular flexibility index (Phi) is 7.30. The molecule has 1 atom stereocenters. The van der Waals surface area contributed by atoms with Gasteiger partial charge in [0.25, 0.3) is 5.91 Å². The van der Waals surface area contributed by atoms with Gasteiger partial charge < -0.3 is 24.4 Å². The molecule has 0 saturated heterocycles. The van der Waals surface area contributed by atoms with Gasteiger partial charge in [0.05, 0.1) is 24.5 Å². The van der Waals surface area contributed by atoms with E-state index in [0.717, 1.165) is 5.56 Å². The highest BCUT2D eigenvalue weighted by atomic mass is 16.5. The zero-order valence-corrected chi connectivity index (χ0v) is 19.4. The number of phenols is 1. The lowest BCUT2D eigenvalue weighted by atomic mass is 9.95. The number of hydrogen-bond acceptors (Lipinski definition) is 6. The first-order valence-corrected chi connectivity index (χ1v) is 11.4. The van der Waals surface area contributed by atoms with E-state index in [2.05, 4.69) is 4.98 Å². The van der Waals surface area contributed by atoms with E-state index in [0.29, 0.717) is 31.7 Å². The van der Waals surface area contributed by atoms with Crippen molar-refractivity contribution in [2.45, 2.75) is 25.9 Å². The predicted molar refractivity (Wildman–Crippen MR) is 131 cm³/mol. The molecule has 0 bridgehead atoms. The van der Waals surface area contributed by atoms with Crippen molar-refractivity contribution in [3.05, 3.63) is 95.8 Å². The molecule has 8 nitrogen and oxygen atoms in total. The van der Waals surface area contributed by atoms with E-state index in [9.17, 15) is 19.8 Å². The Labute approximate surface area is 203 Å². The number of ketones is 1. The highest BCUT2D eigenvalue weighted by molar-refractivity contribution is 6.14. The van der Waals surface area contributed by atoms with Crippen LogP contribution in [-0.2, 0) is 16.1 Å². The number of rotatable bonds is 10. The van der Waals surface area contributed by atoms with Gasteiger partial charge in [-0.3, -0.25) is 9.59 Å². The molecule has 1 aliphatic rings. The quantitative estimate of drug-likeness (QED) is 0.431. The Morgan fingerprint density at radius 1 is 1.14 bits per heavy atom. The lowest BCUT2D eigenvalue weighted by Crippen LogP contribution is -2.32. The van der Waals surface area contributed by atoms with Gasteiger partial charge in [0.1, 0.15) is 0 Å². The second-order valence-corrected chi connectivity index (χ2v) is 8.09. The first-order valence-electron chi connectivity index (χ1n) is 11.4. The van der Waals surface area contributed by atoms with Crippen LogP contribution in [0, 0.1) is 0 Å². The number of amides is 1. The van der Waals surface area contributed by atoms with Crippen molar-refractivity contribution >= 4 is 17.8 Å². The van der Waals surface area contributed by atoms with Crippen molar-refractivity contribution in [2.24, 2.45) is 0 Å². The molecule has 180 valence electrons. The largest absolute Gasteiger partial charge is 0.504 e. The molecule has 4 rings (SSSR count). The molecular weight excluding hydrogens is 446 g/mol. The molecule has 3 aromatic rings. The topological polar surface area (TPSA) is 105 Å². The summed E-state index contributed by atoms with van der Waals surface area (Å²) in [7, 11) is 0. The van der Waals surface area contributed by atoms with Crippen molar-refractivity contribution in [1.29, 1.82) is 0 Å². The monoisotopic (exact) mass is 473 g/mol. The number of aromatic hydroxyl groups is 1. The number of phenolic OH excluding ortho intramolecular Hbond substituents is 1. The van der Waals surface area contributed by atoms with Gasteiger partial charge in [0.2, 0.25) is 0 Å². The lowest BCUT2D eigenvalue weighted by Gasteiger charge is -2.27. The zero-order valence-electron chi connectivity index (χ0n) is 19.4. The van der Waals surface area contributed by atoms with Gasteiger partial charge in [-0.25, -0.2) is 4.98 Å². The Balaban J connectivity index is 1.66. The third-order valence-corrected chi connectivity index (χ3v) is 5.77. The predicted octanol–water partition coefficient (Wildman–Crippen LogP) is 4.06. The number of aromatic nitrogens is 2. The minimum atomic E-state index is -0.821. The molecular formula is C27H27N3O5. The fraction of sp³-hybridized carbons (Fsp3) is 0.222. The first kappa shape index (κ1) is 23.8. The van der Waals surface area contributed by atoms with E-state index < -0.39 is 23.5 Å². The van der Waals surface area contributed by atoms with Gasteiger partial charge in [-0.15, -0.1) is 0 Å². The molecule has 1 unspecified atom stereocenters. The summed E-state index contributed by atoms with van der Waals surface area (Å²) < 4.78 is 7.41. The minimum absolute atomic E-state index is 0.00190. The summed E-state index contributed by atoms with van der Waals surface area (Å²) in [5.74, 6) is -1.44. The van der Waals surface area contributed by atoms with Gasteiger partial charge in [-0.05, 0) is 42.7 Å². The van der Waals surface area contributed by atoms with Crippen LogP contribution in [0.5, 0.6) is 11.5 Å². The molecule has 1 amide bonds. The van der Waals surface area contributed by atoms with Crippen LogP contribution in [-0.4, -0.2) is 49.5 Å². The van der Waals surface area contributed by atoms with E-state index in [4.69, 9.17) is 4.74 Å². The first-order chi connectivity index (χ1) is 17.0. The molecule has 1 aromatic heterocycles. The Morgan fingerprint density at radius 2 is 1.94 bits per heavy atom. The van der Waals surface area contributed by atoms with Crippen LogP contribution < -0.4 is 4.74 Å². The smallest absolute Gasteiger partial charge is 0.290 e. The highest BCUT2D eigenvalue weighted by Gasteiger charge is 2.42. The van der Waals surface area contributed by atoms with E-state index in [1.54, 1.807) is 37.7 Å². The molecule has 0 radical (unpaired) electrons. The SMILES string of the molecule is CCOc1cc(C2C(C(=O)C=Cc3ccccc3)=C(O)C(=O)N2CCCn2ccnc2)ccc1O. The number of ether oxygens (including phenoxy) is 1. The summed E-state index contributed by atoms with van der Waals surface area (Å²) in [4.78, 5) is 31.9. The van der Waals surface area contributed by atoms with Crippen LogP contribution in [0.3, 0.4) is 0 Å². The summed E-state index contributed by atoms with van der Waals surface area (Å²) in [6.07, 6.45) is 8.80. The summed E-state index contributed by atoms with van der Waals surface area (Å²) >= 11 is 0. The third kappa shape index (κ3) is 5.27. The second-order valence-electron chi connectivity index (χ2n) is 8.09. The van der Waals surface area contributed by atoms with Crippen molar-refractivity contribution in [3.8, 4) is 11.5 Å². The number of hydrogen-bond donors (Lipinski definition) is 2. The fourth-order valence-corrected chi connectivity index (χ4v) is 4.12. The van der Waals surface area contributed by atoms with Crippen molar-refractivity contribution < 1.29 is 24.5 Å². The van der Waals surface area contributed by atoms with Crippen LogP contribution in [0.1, 0.15) is 30.5 Å². The van der Waals surface area contributed by atoms with Crippen LogP contribution in [0.4, 0.5) is 0 Å². The molecule has 0 aliphatic carbocycles. The van der Waals surface area contributed by atoms with Crippen LogP contribution in [0.2, 0.25) is 0 Å². The fourth-order valence-electron chi connectivity index (χ4n) is 4.12. The number of aryl methyl sites for hydroxylation is 1. The van der Waals surface area contributed by atoms with E-state index in [-0.39, 0.29) is 17.1 Å². The number of carbonyl (C=O) groups excluding carboxylic acids is 2. The van der Waals surface area contributed by atoms with Gasteiger partial charge in [-0.2, -0.15) is 0 Å². The number of benzene rings is 2. The molecule has 2 N–H and O–H groups in total. The summed E-state index contributed by atoms with van der Waals surface area (Å²) in [5.41, 5.74) is 1.38. The Bertz CT molecular complexity index is 1250. The van der Waals surface area contributed by atoms with Crippen LogP contribution in [0.25, 0.3) is 6.08 Å². The lowest BCUT2D eigenvalue weighted by molar-refractivity contribution is -0.129. The number of nitrogens with zero attached hydrogens (tertiary/aromatic N) is 3. The maximum atomic E-state index is 13.3. The summed E-state index contributed by atoms with van der Waals surface area (Å²) in [5, 5.41) is 20.9. The Hall–Kier alpha value is -4.33. The number of allylic oxidation sites excluding steroid dienone is 1. The van der Waals surface area contributed by atoms with Crippen LogP contribution >= 0.6 is 0 Å².